The number of non-ortho nitro benzene ring substituents is 1. The van der Waals surface area contributed by atoms with E-state index in [1.165, 1.54) is 0 Å². The zero-order valence-electron chi connectivity index (χ0n) is 12.0. The largest absolute Gasteiger partial charge is 0.436 e. The number of nitro benzene ring substituents is 1. The van der Waals surface area contributed by atoms with Crippen molar-refractivity contribution in [3.63, 3.8) is 0 Å². The first-order valence-electron chi connectivity index (χ1n) is 6.18. The first-order chi connectivity index (χ1) is 11.4. The summed E-state index contributed by atoms with van der Waals surface area (Å²) in [7, 11) is 1.13. The van der Waals surface area contributed by atoms with Crippen LogP contribution in [0.1, 0.15) is 16.2 Å². The number of rotatable bonds is 3. The third kappa shape index (κ3) is 3.96. The van der Waals surface area contributed by atoms with Crippen molar-refractivity contribution in [2.75, 3.05) is 5.32 Å². The SMILES string of the molecule is Cn1nc(C(F)(F)F)c(Cl)c1C(=O)Nc1c(Br)cc([N+](=O)[O-])cc1Br. The molecular weight excluding hydrogens is 500 g/mol. The molecule has 0 aliphatic rings. The van der Waals surface area contributed by atoms with E-state index in [2.05, 4.69) is 42.3 Å². The van der Waals surface area contributed by atoms with Crippen LogP contribution in [0, 0.1) is 10.1 Å². The minimum absolute atomic E-state index is 0.0847. The van der Waals surface area contributed by atoms with E-state index in [0.717, 1.165) is 19.2 Å². The van der Waals surface area contributed by atoms with Gasteiger partial charge in [-0.2, -0.15) is 18.3 Å². The molecule has 0 fully saturated rings. The Morgan fingerprint density at radius 1 is 1.36 bits per heavy atom. The maximum absolute atomic E-state index is 12.8. The highest BCUT2D eigenvalue weighted by Gasteiger charge is 2.39. The summed E-state index contributed by atoms with van der Waals surface area (Å²) in [5.41, 5.74) is -2.06. The highest BCUT2D eigenvalue weighted by Crippen LogP contribution is 2.38. The topological polar surface area (TPSA) is 90.1 Å². The van der Waals surface area contributed by atoms with Gasteiger partial charge in [-0.3, -0.25) is 19.6 Å². The van der Waals surface area contributed by atoms with Gasteiger partial charge in [-0.15, -0.1) is 0 Å². The third-order valence-corrected chi connectivity index (χ3v) is 4.56. The number of nitrogens with one attached hydrogen (secondary N) is 1. The van der Waals surface area contributed by atoms with Crippen LogP contribution in [0.3, 0.4) is 0 Å². The normalized spacial score (nSPS) is 11.5. The monoisotopic (exact) mass is 504 g/mol. The molecule has 2 rings (SSSR count). The molecule has 1 N–H and O–H groups in total. The second-order valence-corrected chi connectivity index (χ2v) is 6.71. The van der Waals surface area contributed by atoms with Crippen molar-refractivity contribution in [1.82, 2.24) is 9.78 Å². The van der Waals surface area contributed by atoms with Gasteiger partial charge in [0.2, 0.25) is 0 Å². The lowest BCUT2D eigenvalue weighted by Gasteiger charge is -2.10. The smallest absolute Gasteiger partial charge is 0.319 e. The summed E-state index contributed by atoms with van der Waals surface area (Å²) in [5, 5.41) is 15.5. The number of halogens is 6. The van der Waals surface area contributed by atoms with Crippen molar-refractivity contribution in [2.24, 2.45) is 7.05 Å². The summed E-state index contributed by atoms with van der Waals surface area (Å²) < 4.78 is 39.4. The molecule has 13 heteroatoms. The maximum Gasteiger partial charge on any atom is 0.436 e. The van der Waals surface area contributed by atoms with Crippen LogP contribution < -0.4 is 5.32 Å². The molecule has 7 nitrogen and oxygen atoms in total. The fraction of sp³-hybridized carbons (Fsp3) is 0.167. The van der Waals surface area contributed by atoms with Crippen LogP contribution in [0.25, 0.3) is 0 Å². The number of hydrogen-bond donors (Lipinski definition) is 1. The standard InChI is InChI=1S/C12H6Br2ClF3N4O3/c1-21-9(7(15)10(20-21)12(16,17)18)11(23)19-8-5(13)2-4(22(24)25)3-6(8)14/h2-3H,1H3,(H,19,23). The van der Waals surface area contributed by atoms with Gasteiger partial charge in [0.05, 0.1) is 10.6 Å². The Bertz CT molecular complexity index is 862. The van der Waals surface area contributed by atoms with E-state index in [-0.39, 0.29) is 20.3 Å². The summed E-state index contributed by atoms with van der Waals surface area (Å²) in [6, 6.07) is 2.26. The van der Waals surface area contributed by atoms with Crippen LogP contribution in [0.15, 0.2) is 21.1 Å². The van der Waals surface area contributed by atoms with Crippen LogP contribution in [0.5, 0.6) is 0 Å². The predicted octanol–water partition coefficient (Wildman–Crippen LogP) is 4.78. The number of anilines is 1. The van der Waals surface area contributed by atoms with Gasteiger partial charge in [-0.25, -0.2) is 0 Å². The molecule has 1 aromatic heterocycles. The molecule has 2 aromatic rings. The number of amides is 1. The Hall–Kier alpha value is -1.66. The predicted molar refractivity (Wildman–Crippen MR) is 89.7 cm³/mol. The quantitative estimate of drug-likeness (QED) is 0.480. The van der Waals surface area contributed by atoms with Crippen LogP contribution in [-0.2, 0) is 13.2 Å². The molecule has 0 radical (unpaired) electrons. The number of benzene rings is 1. The maximum atomic E-state index is 12.8. The molecule has 134 valence electrons. The minimum Gasteiger partial charge on any atom is -0.319 e. The van der Waals surface area contributed by atoms with E-state index < -0.39 is 33.4 Å². The van der Waals surface area contributed by atoms with Gasteiger partial charge < -0.3 is 5.32 Å². The summed E-state index contributed by atoms with van der Waals surface area (Å²) in [6.45, 7) is 0. The number of nitrogens with zero attached hydrogens (tertiary/aromatic N) is 3. The van der Waals surface area contributed by atoms with Crippen molar-refractivity contribution in [3.05, 3.63) is 47.6 Å². The first kappa shape index (κ1) is 19.7. The first-order valence-corrected chi connectivity index (χ1v) is 8.14. The Morgan fingerprint density at radius 2 is 1.88 bits per heavy atom. The summed E-state index contributed by atoms with van der Waals surface area (Å²) in [6.07, 6.45) is -4.82. The zero-order valence-corrected chi connectivity index (χ0v) is 15.9. The number of aromatic nitrogens is 2. The van der Waals surface area contributed by atoms with Gasteiger partial charge >= 0.3 is 6.18 Å². The van der Waals surface area contributed by atoms with Crippen LogP contribution in [0.2, 0.25) is 5.02 Å². The second kappa shape index (κ2) is 6.92. The van der Waals surface area contributed by atoms with Crippen LogP contribution in [0.4, 0.5) is 24.5 Å². The average molecular weight is 506 g/mol. The van der Waals surface area contributed by atoms with Gasteiger partial charge in [0.15, 0.2) is 5.69 Å². The van der Waals surface area contributed by atoms with E-state index in [4.69, 9.17) is 11.6 Å². The lowest BCUT2D eigenvalue weighted by atomic mass is 10.2. The Balaban J connectivity index is 2.42. The van der Waals surface area contributed by atoms with E-state index in [1.807, 2.05) is 0 Å². The van der Waals surface area contributed by atoms with Gasteiger partial charge in [-0.05, 0) is 31.9 Å². The molecule has 25 heavy (non-hydrogen) atoms. The fourth-order valence-corrected chi connectivity index (χ4v) is 3.60. The van der Waals surface area contributed by atoms with Crippen molar-refractivity contribution >= 4 is 60.7 Å². The van der Waals surface area contributed by atoms with Crippen molar-refractivity contribution < 1.29 is 22.9 Å². The molecular formula is C12H6Br2ClF3N4O3. The molecule has 0 unspecified atom stereocenters. The van der Waals surface area contributed by atoms with Crippen molar-refractivity contribution in [3.8, 4) is 0 Å². The molecule has 0 saturated carbocycles. The third-order valence-electron chi connectivity index (χ3n) is 2.95. The molecule has 1 amide bonds. The summed E-state index contributed by atoms with van der Waals surface area (Å²) in [5.74, 6) is -0.967. The van der Waals surface area contributed by atoms with E-state index >= 15 is 0 Å². The van der Waals surface area contributed by atoms with Crippen molar-refractivity contribution in [1.29, 1.82) is 0 Å². The number of alkyl halides is 3. The number of nitro groups is 1. The number of aryl methyl sites for hydroxylation is 1. The highest BCUT2D eigenvalue weighted by atomic mass is 79.9. The van der Waals surface area contributed by atoms with Gasteiger partial charge in [0.25, 0.3) is 11.6 Å². The van der Waals surface area contributed by atoms with Gasteiger partial charge in [-0.1, -0.05) is 11.6 Å². The Labute approximate surface area is 159 Å². The zero-order chi connectivity index (χ0) is 19.1. The van der Waals surface area contributed by atoms with Crippen LogP contribution >= 0.6 is 43.5 Å². The average Bonchev–Trinajstić information content (AvgIpc) is 2.77. The lowest BCUT2D eigenvalue weighted by Crippen LogP contribution is -2.17. The summed E-state index contributed by atoms with van der Waals surface area (Å²) in [4.78, 5) is 22.5. The molecule has 0 atom stereocenters. The molecule has 1 heterocycles. The van der Waals surface area contributed by atoms with E-state index in [9.17, 15) is 28.1 Å². The number of carbonyl (C=O) groups is 1. The van der Waals surface area contributed by atoms with E-state index in [1.54, 1.807) is 0 Å². The highest BCUT2D eigenvalue weighted by molar-refractivity contribution is 9.11. The molecule has 1 aromatic carbocycles. The van der Waals surface area contributed by atoms with Crippen LogP contribution in [-0.4, -0.2) is 20.6 Å². The van der Waals surface area contributed by atoms with Gasteiger partial charge in [0.1, 0.15) is 10.7 Å². The molecule has 0 aliphatic heterocycles. The van der Waals surface area contributed by atoms with Crippen molar-refractivity contribution in [2.45, 2.75) is 6.18 Å². The summed E-state index contributed by atoms with van der Waals surface area (Å²) >= 11 is 11.8. The fourth-order valence-electron chi connectivity index (χ4n) is 1.88. The molecule has 0 spiro atoms. The molecule has 0 bridgehead atoms. The van der Waals surface area contributed by atoms with E-state index in [0.29, 0.717) is 4.68 Å². The lowest BCUT2D eigenvalue weighted by molar-refractivity contribution is -0.385. The molecule has 0 aliphatic carbocycles. The van der Waals surface area contributed by atoms with Gasteiger partial charge in [0, 0.05) is 28.1 Å². The number of hydrogen-bond acceptors (Lipinski definition) is 4. The Morgan fingerprint density at radius 3 is 2.28 bits per heavy atom. The Kier molecular flexibility index (Phi) is 5.44. The minimum atomic E-state index is -4.82. The second-order valence-electron chi connectivity index (χ2n) is 4.63. The number of carbonyl (C=O) groups excluding carboxylic acids is 1. The molecule has 0 saturated heterocycles.